The van der Waals surface area contributed by atoms with Crippen molar-refractivity contribution >= 4 is 5.78 Å². The summed E-state index contributed by atoms with van der Waals surface area (Å²) in [5.74, 6) is -0.762. The Bertz CT molecular complexity index is 128. The number of hydrogen-bond donors (Lipinski definition) is 4. The maximum atomic E-state index is 10.8. The molecule has 0 bridgehead atoms. The zero-order valence-electron chi connectivity index (χ0n) is 6.32. The largest absolute Gasteiger partial charge is 0.393 e. The average molecular weight is 163 g/mol. The summed E-state index contributed by atoms with van der Waals surface area (Å²) in [6, 6.07) is 0. The molecule has 0 radical (unpaired) electrons. The second-order valence-corrected chi connectivity index (χ2v) is 2.17. The van der Waals surface area contributed by atoms with Crippen molar-refractivity contribution in [3.05, 3.63) is 0 Å². The van der Waals surface area contributed by atoms with Gasteiger partial charge in [-0.25, -0.2) is 0 Å². The van der Waals surface area contributed by atoms with Gasteiger partial charge in [0.25, 0.3) is 0 Å². The average Bonchev–Trinajstić information content (AvgIpc) is 2.02. The van der Waals surface area contributed by atoms with Crippen LogP contribution in [-0.4, -0.2) is 53.5 Å². The first-order valence-corrected chi connectivity index (χ1v) is 3.28. The summed E-state index contributed by atoms with van der Waals surface area (Å²) in [7, 11) is 1.57. The molecule has 0 rings (SSSR count). The molecule has 0 aliphatic rings. The fourth-order valence-electron chi connectivity index (χ4n) is 0.606. The molecule has 0 saturated heterocycles. The number of hydrogen-bond acceptors (Lipinski definition) is 5. The van der Waals surface area contributed by atoms with Gasteiger partial charge < -0.3 is 20.6 Å². The second kappa shape index (κ2) is 5.20. The number of ketones is 1. The van der Waals surface area contributed by atoms with Gasteiger partial charge >= 0.3 is 0 Å². The Morgan fingerprint density at radius 2 is 2.00 bits per heavy atom. The molecule has 0 aromatic heterocycles. The van der Waals surface area contributed by atoms with Crippen molar-refractivity contribution in [2.75, 3.05) is 20.2 Å². The molecule has 0 aromatic carbocycles. The van der Waals surface area contributed by atoms with E-state index in [-0.39, 0.29) is 6.54 Å². The summed E-state index contributed by atoms with van der Waals surface area (Å²) in [5.41, 5.74) is 0. The van der Waals surface area contributed by atoms with Gasteiger partial charge in [0, 0.05) is 6.54 Å². The zero-order chi connectivity index (χ0) is 8.85. The minimum atomic E-state index is -1.47. The van der Waals surface area contributed by atoms with E-state index in [9.17, 15) is 4.79 Å². The van der Waals surface area contributed by atoms with Gasteiger partial charge in [0.2, 0.25) is 0 Å². The smallest absolute Gasteiger partial charge is 0.193 e. The molecule has 11 heavy (non-hydrogen) atoms. The van der Waals surface area contributed by atoms with Crippen LogP contribution in [0, 0.1) is 0 Å². The van der Waals surface area contributed by atoms with Gasteiger partial charge in [0.05, 0.1) is 6.61 Å². The predicted molar refractivity (Wildman–Crippen MR) is 38.0 cm³/mol. The SMILES string of the molecule is CNC[C@@H](O)C(=O)[C@@H](O)CO. The fourth-order valence-corrected chi connectivity index (χ4v) is 0.606. The lowest BCUT2D eigenvalue weighted by Crippen LogP contribution is -2.39. The van der Waals surface area contributed by atoms with Gasteiger partial charge in [-0.2, -0.15) is 0 Å². The van der Waals surface area contributed by atoms with Gasteiger partial charge in [0.15, 0.2) is 5.78 Å². The van der Waals surface area contributed by atoms with E-state index in [1.54, 1.807) is 7.05 Å². The molecule has 0 fully saturated rings. The first-order valence-electron chi connectivity index (χ1n) is 3.28. The summed E-state index contributed by atoms with van der Waals surface area (Å²) < 4.78 is 0. The second-order valence-electron chi connectivity index (χ2n) is 2.17. The number of carbonyl (C=O) groups is 1. The van der Waals surface area contributed by atoms with E-state index in [1.807, 2.05) is 0 Å². The highest BCUT2D eigenvalue weighted by Crippen LogP contribution is 1.90. The van der Waals surface area contributed by atoms with E-state index in [0.29, 0.717) is 0 Å². The molecule has 4 N–H and O–H groups in total. The van der Waals surface area contributed by atoms with Crippen LogP contribution in [0.3, 0.4) is 0 Å². The van der Waals surface area contributed by atoms with E-state index < -0.39 is 24.6 Å². The highest BCUT2D eigenvalue weighted by Gasteiger charge is 2.21. The summed E-state index contributed by atoms with van der Waals surface area (Å²) in [5, 5.41) is 28.6. The predicted octanol–water partition coefficient (Wildman–Crippen LogP) is -2.51. The first-order chi connectivity index (χ1) is 5.13. The van der Waals surface area contributed by atoms with E-state index in [2.05, 4.69) is 5.32 Å². The lowest BCUT2D eigenvalue weighted by Gasteiger charge is -2.11. The van der Waals surface area contributed by atoms with E-state index in [1.165, 1.54) is 0 Å². The van der Waals surface area contributed by atoms with Crippen molar-refractivity contribution in [2.45, 2.75) is 12.2 Å². The number of likely N-dealkylation sites (N-methyl/N-ethyl adjacent to an activating group) is 1. The molecule has 2 atom stereocenters. The number of Topliss-reactive ketones (excluding diaryl/α,β-unsaturated/α-hetero) is 1. The number of rotatable bonds is 5. The normalized spacial score (nSPS) is 16.0. The zero-order valence-corrected chi connectivity index (χ0v) is 6.32. The van der Waals surface area contributed by atoms with Crippen LogP contribution in [0.4, 0.5) is 0 Å². The Hall–Kier alpha value is -0.490. The van der Waals surface area contributed by atoms with Crippen LogP contribution < -0.4 is 5.32 Å². The van der Waals surface area contributed by atoms with Crippen molar-refractivity contribution < 1.29 is 20.1 Å². The lowest BCUT2D eigenvalue weighted by atomic mass is 10.1. The Labute approximate surface area is 64.7 Å². The van der Waals surface area contributed by atoms with Crippen LogP contribution in [0.15, 0.2) is 0 Å². The monoisotopic (exact) mass is 163 g/mol. The summed E-state index contributed by atoms with van der Waals surface area (Å²) >= 11 is 0. The van der Waals surface area contributed by atoms with Crippen molar-refractivity contribution in [1.82, 2.24) is 5.32 Å². The van der Waals surface area contributed by atoms with Crippen LogP contribution in [0.5, 0.6) is 0 Å². The van der Waals surface area contributed by atoms with Gasteiger partial charge in [-0.15, -0.1) is 0 Å². The third kappa shape index (κ3) is 3.43. The highest BCUT2D eigenvalue weighted by molar-refractivity contribution is 5.87. The van der Waals surface area contributed by atoms with Crippen LogP contribution in [0.1, 0.15) is 0 Å². The van der Waals surface area contributed by atoms with E-state index in [0.717, 1.165) is 0 Å². The topological polar surface area (TPSA) is 89.8 Å². The molecule has 0 saturated carbocycles. The molecule has 0 heterocycles. The van der Waals surface area contributed by atoms with Gasteiger partial charge in [0.1, 0.15) is 12.2 Å². The molecule has 0 unspecified atom stereocenters. The minimum Gasteiger partial charge on any atom is -0.393 e. The van der Waals surface area contributed by atoms with Crippen molar-refractivity contribution in [3.8, 4) is 0 Å². The third-order valence-electron chi connectivity index (χ3n) is 1.23. The molecule has 5 heteroatoms. The molecule has 66 valence electrons. The Morgan fingerprint density at radius 1 is 1.45 bits per heavy atom. The molecular formula is C6H13NO4. The minimum absolute atomic E-state index is 0.0793. The van der Waals surface area contributed by atoms with Crippen molar-refractivity contribution in [2.24, 2.45) is 0 Å². The quantitative estimate of drug-likeness (QED) is 0.359. The Kier molecular flexibility index (Phi) is 4.97. The van der Waals surface area contributed by atoms with Gasteiger partial charge in [-0.3, -0.25) is 4.79 Å². The molecule has 5 nitrogen and oxygen atoms in total. The number of aliphatic hydroxyl groups excluding tert-OH is 3. The maximum absolute atomic E-state index is 10.8. The lowest BCUT2D eigenvalue weighted by molar-refractivity contribution is -0.137. The maximum Gasteiger partial charge on any atom is 0.193 e. The number of carbonyl (C=O) groups excluding carboxylic acids is 1. The van der Waals surface area contributed by atoms with Gasteiger partial charge in [-0.1, -0.05) is 0 Å². The van der Waals surface area contributed by atoms with Crippen LogP contribution in [-0.2, 0) is 4.79 Å². The van der Waals surface area contributed by atoms with Crippen molar-refractivity contribution in [1.29, 1.82) is 0 Å². The highest BCUT2D eigenvalue weighted by atomic mass is 16.3. The molecule has 0 amide bonds. The van der Waals surface area contributed by atoms with Crippen molar-refractivity contribution in [3.63, 3.8) is 0 Å². The van der Waals surface area contributed by atoms with Gasteiger partial charge in [-0.05, 0) is 7.05 Å². The number of aliphatic hydroxyl groups is 3. The Balaban J connectivity index is 3.81. The fraction of sp³-hybridized carbons (Fsp3) is 0.833. The molecule has 0 aromatic rings. The third-order valence-corrected chi connectivity index (χ3v) is 1.23. The molecule has 0 aliphatic heterocycles. The molecule has 0 spiro atoms. The Morgan fingerprint density at radius 3 is 2.36 bits per heavy atom. The number of nitrogens with one attached hydrogen (secondary N) is 1. The summed E-state index contributed by atoms with van der Waals surface area (Å²) in [6.45, 7) is -0.574. The summed E-state index contributed by atoms with van der Waals surface area (Å²) in [6.07, 6.45) is -2.72. The standard InChI is InChI=1S/C6H13NO4/c1-7-2-4(9)6(11)5(10)3-8/h4-5,7-10H,2-3H2,1H3/t4-,5+/m1/s1. The molecule has 0 aliphatic carbocycles. The molecular weight excluding hydrogens is 150 g/mol. The van der Waals surface area contributed by atoms with E-state index >= 15 is 0 Å². The van der Waals surface area contributed by atoms with Crippen LogP contribution in [0.2, 0.25) is 0 Å². The van der Waals surface area contributed by atoms with Crippen LogP contribution in [0.25, 0.3) is 0 Å². The first kappa shape index (κ1) is 10.5. The van der Waals surface area contributed by atoms with E-state index in [4.69, 9.17) is 15.3 Å². The summed E-state index contributed by atoms with van der Waals surface area (Å²) in [4.78, 5) is 10.8. The van der Waals surface area contributed by atoms with Crippen LogP contribution >= 0.6 is 0 Å².